The molecule has 8 nitrogen and oxygen atoms in total. The van der Waals surface area contributed by atoms with Gasteiger partial charge in [0.15, 0.2) is 0 Å². The standard InChI is InChI=1S/C17H21NO7/c1-4-25-13(19)8-10(2)14(16(21)22)18-15(20)11-6-5-7-12(9-11)17(23)24-3/h5-7,9-10,14H,4,8H2,1-3H3,(H,18,20)(H,21,22)/t10-,14+/m0/s1. The number of hydrogen-bond acceptors (Lipinski definition) is 6. The third-order valence-electron chi connectivity index (χ3n) is 3.46. The predicted molar refractivity (Wildman–Crippen MR) is 87.1 cm³/mol. The van der Waals surface area contributed by atoms with Gasteiger partial charge in [-0.25, -0.2) is 9.59 Å². The Bertz CT molecular complexity index is 656. The molecule has 0 bridgehead atoms. The van der Waals surface area contributed by atoms with Crippen LogP contribution in [-0.4, -0.2) is 48.7 Å². The van der Waals surface area contributed by atoms with E-state index in [1.54, 1.807) is 6.92 Å². The van der Waals surface area contributed by atoms with E-state index < -0.39 is 35.8 Å². The van der Waals surface area contributed by atoms with Crippen molar-refractivity contribution in [2.24, 2.45) is 5.92 Å². The van der Waals surface area contributed by atoms with Gasteiger partial charge in [0.25, 0.3) is 5.91 Å². The topological polar surface area (TPSA) is 119 Å². The Morgan fingerprint density at radius 3 is 2.40 bits per heavy atom. The van der Waals surface area contributed by atoms with Gasteiger partial charge in [-0.3, -0.25) is 9.59 Å². The molecule has 0 spiro atoms. The van der Waals surface area contributed by atoms with Crippen molar-refractivity contribution in [2.45, 2.75) is 26.3 Å². The summed E-state index contributed by atoms with van der Waals surface area (Å²) < 4.78 is 9.37. The number of amides is 1. The van der Waals surface area contributed by atoms with Gasteiger partial charge < -0.3 is 19.9 Å². The molecule has 1 aromatic rings. The van der Waals surface area contributed by atoms with Gasteiger partial charge in [0.05, 0.1) is 25.7 Å². The number of nitrogens with one attached hydrogen (secondary N) is 1. The lowest BCUT2D eigenvalue weighted by molar-refractivity contribution is -0.145. The van der Waals surface area contributed by atoms with Crippen molar-refractivity contribution in [3.8, 4) is 0 Å². The van der Waals surface area contributed by atoms with Crippen LogP contribution in [0.5, 0.6) is 0 Å². The Kier molecular flexibility index (Phi) is 7.58. The van der Waals surface area contributed by atoms with E-state index in [4.69, 9.17) is 4.74 Å². The minimum absolute atomic E-state index is 0.109. The van der Waals surface area contributed by atoms with Crippen LogP contribution in [0.4, 0.5) is 0 Å². The van der Waals surface area contributed by atoms with Crippen molar-refractivity contribution in [1.29, 1.82) is 0 Å². The minimum atomic E-state index is -1.28. The summed E-state index contributed by atoms with van der Waals surface area (Å²) in [6, 6.07) is 4.42. The van der Waals surface area contributed by atoms with Gasteiger partial charge in [-0.05, 0) is 31.0 Å². The van der Waals surface area contributed by atoms with Gasteiger partial charge in [0.2, 0.25) is 0 Å². The van der Waals surface area contributed by atoms with E-state index in [-0.39, 0.29) is 24.2 Å². The molecular formula is C17H21NO7. The van der Waals surface area contributed by atoms with Crippen LogP contribution >= 0.6 is 0 Å². The third kappa shape index (κ3) is 5.91. The summed E-state index contributed by atoms with van der Waals surface area (Å²) in [5, 5.41) is 11.7. The van der Waals surface area contributed by atoms with Gasteiger partial charge in [0.1, 0.15) is 6.04 Å². The summed E-state index contributed by atoms with van der Waals surface area (Å²) in [7, 11) is 1.21. The second kappa shape index (κ2) is 9.41. The van der Waals surface area contributed by atoms with Gasteiger partial charge in [-0.15, -0.1) is 0 Å². The van der Waals surface area contributed by atoms with Crippen LogP contribution in [0.2, 0.25) is 0 Å². The fraction of sp³-hybridized carbons (Fsp3) is 0.412. The van der Waals surface area contributed by atoms with Crippen LogP contribution in [0, 0.1) is 5.92 Å². The van der Waals surface area contributed by atoms with Crippen molar-refractivity contribution in [3.63, 3.8) is 0 Å². The summed E-state index contributed by atoms with van der Waals surface area (Å²) in [4.78, 5) is 46.7. The summed E-state index contributed by atoms with van der Waals surface area (Å²) in [6.45, 7) is 3.37. The van der Waals surface area contributed by atoms with E-state index in [0.29, 0.717) is 0 Å². The van der Waals surface area contributed by atoms with E-state index in [1.165, 1.54) is 38.3 Å². The van der Waals surface area contributed by atoms with Crippen LogP contribution in [0.25, 0.3) is 0 Å². The Balaban J connectivity index is 2.88. The smallest absolute Gasteiger partial charge is 0.337 e. The molecule has 25 heavy (non-hydrogen) atoms. The molecule has 2 N–H and O–H groups in total. The molecule has 0 aliphatic carbocycles. The Morgan fingerprint density at radius 2 is 1.84 bits per heavy atom. The molecule has 0 aliphatic rings. The average molecular weight is 351 g/mol. The van der Waals surface area contributed by atoms with Gasteiger partial charge >= 0.3 is 17.9 Å². The number of methoxy groups -OCH3 is 1. The Morgan fingerprint density at radius 1 is 1.20 bits per heavy atom. The summed E-state index contributed by atoms with van der Waals surface area (Å²) in [5.41, 5.74) is 0.277. The number of carboxylic acid groups (broad SMARTS) is 1. The number of carbonyl (C=O) groups is 4. The number of hydrogen-bond donors (Lipinski definition) is 2. The quantitative estimate of drug-likeness (QED) is 0.676. The van der Waals surface area contributed by atoms with Gasteiger partial charge in [-0.1, -0.05) is 13.0 Å². The molecule has 8 heteroatoms. The first-order chi connectivity index (χ1) is 11.8. The number of carboxylic acids is 1. The molecular weight excluding hydrogens is 330 g/mol. The van der Waals surface area contributed by atoms with Crippen molar-refractivity contribution >= 4 is 23.8 Å². The van der Waals surface area contributed by atoms with Crippen molar-refractivity contribution in [2.75, 3.05) is 13.7 Å². The highest BCUT2D eigenvalue weighted by atomic mass is 16.5. The first-order valence-electron chi connectivity index (χ1n) is 7.67. The van der Waals surface area contributed by atoms with E-state index in [0.717, 1.165) is 0 Å². The summed E-state index contributed by atoms with van der Waals surface area (Å²) >= 11 is 0. The maximum atomic E-state index is 12.3. The van der Waals surface area contributed by atoms with Crippen LogP contribution in [-0.2, 0) is 19.1 Å². The highest BCUT2D eigenvalue weighted by Crippen LogP contribution is 2.12. The molecule has 0 fully saturated rings. The van der Waals surface area contributed by atoms with Crippen molar-refractivity contribution < 1.29 is 33.8 Å². The zero-order chi connectivity index (χ0) is 19.0. The lowest BCUT2D eigenvalue weighted by Gasteiger charge is -2.21. The SMILES string of the molecule is CCOC(=O)C[C@H](C)[C@@H](NC(=O)c1cccc(C(=O)OC)c1)C(=O)O. The van der Waals surface area contributed by atoms with Crippen LogP contribution in [0.3, 0.4) is 0 Å². The number of benzene rings is 1. The zero-order valence-corrected chi connectivity index (χ0v) is 14.3. The largest absolute Gasteiger partial charge is 0.480 e. The fourth-order valence-electron chi connectivity index (χ4n) is 2.18. The minimum Gasteiger partial charge on any atom is -0.480 e. The molecule has 0 heterocycles. The zero-order valence-electron chi connectivity index (χ0n) is 14.3. The normalized spacial score (nSPS) is 12.6. The number of ether oxygens (including phenoxy) is 2. The molecule has 0 saturated heterocycles. The molecule has 1 rings (SSSR count). The van der Waals surface area contributed by atoms with Crippen molar-refractivity contribution in [1.82, 2.24) is 5.32 Å². The molecule has 0 radical (unpaired) electrons. The third-order valence-corrected chi connectivity index (χ3v) is 3.46. The van der Waals surface area contributed by atoms with Gasteiger partial charge in [-0.2, -0.15) is 0 Å². The summed E-state index contributed by atoms with van der Waals surface area (Å²) in [6.07, 6.45) is -0.146. The van der Waals surface area contributed by atoms with Crippen LogP contribution in [0.1, 0.15) is 41.0 Å². The number of aliphatic carboxylic acids is 1. The van der Waals surface area contributed by atoms with Crippen LogP contribution < -0.4 is 5.32 Å². The lowest BCUT2D eigenvalue weighted by atomic mass is 9.97. The molecule has 0 unspecified atom stereocenters. The van der Waals surface area contributed by atoms with Gasteiger partial charge in [0, 0.05) is 5.56 Å². The first-order valence-corrected chi connectivity index (χ1v) is 7.67. The molecule has 0 saturated carbocycles. The second-order valence-electron chi connectivity index (χ2n) is 5.35. The average Bonchev–Trinajstić information content (AvgIpc) is 2.58. The number of rotatable bonds is 8. The lowest BCUT2D eigenvalue weighted by Crippen LogP contribution is -2.45. The number of carbonyl (C=O) groups excluding carboxylic acids is 3. The van der Waals surface area contributed by atoms with E-state index in [1.807, 2.05) is 0 Å². The first kappa shape index (κ1) is 20.1. The molecule has 1 aromatic carbocycles. The molecule has 1 amide bonds. The number of esters is 2. The predicted octanol–water partition coefficient (Wildman–Crippen LogP) is 1.25. The Labute approximate surface area is 145 Å². The Hall–Kier alpha value is -2.90. The van der Waals surface area contributed by atoms with Crippen molar-refractivity contribution in [3.05, 3.63) is 35.4 Å². The maximum Gasteiger partial charge on any atom is 0.337 e. The molecule has 0 aromatic heterocycles. The van der Waals surface area contributed by atoms with E-state index in [9.17, 15) is 24.3 Å². The van der Waals surface area contributed by atoms with E-state index in [2.05, 4.69) is 10.1 Å². The molecule has 0 aliphatic heterocycles. The van der Waals surface area contributed by atoms with Crippen LogP contribution in [0.15, 0.2) is 24.3 Å². The highest BCUT2D eigenvalue weighted by Gasteiger charge is 2.29. The fourth-order valence-corrected chi connectivity index (χ4v) is 2.18. The van der Waals surface area contributed by atoms with E-state index >= 15 is 0 Å². The maximum absolute atomic E-state index is 12.3. The highest BCUT2D eigenvalue weighted by molar-refractivity contribution is 5.99. The molecule has 136 valence electrons. The molecule has 2 atom stereocenters. The second-order valence-corrected chi connectivity index (χ2v) is 5.35. The summed E-state index contributed by atoms with van der Waals surface area (Å²) in [5.74, 6) is -3.77. The monoisotopic (exact) mass is 351 g/mol.